The summed E-state index contributed by atoms with van der Waals surface area (Å²) in [6.45, 7) is 0. The second-order valence-corrected chi connectivity index (χ2v) is 5.23. The zero-order valence-corrected chi connectivity index (χ0v) is 10.8. The third-order valence-electron chi connectivity index (χ3n) is 1.88. The number of nitrogens with zero attached hydrogens (tertiary/aromatic N) is 1. The Hall–Kier alpha value is -0.910. The molecular weight excluding hydrogens is 266 g/mol. The molecule has 84 valence electrons. The summed E-state index contributed by atoms with van der Waals surface area (Å²) in [6.07, 6.45) is 0.214. The first-order chi connectivity index (χ1) is 7.69. The molecule has 0 aliphatic carbocycles. The van der Waals surface area contributed by atoms with E-state index in [4.69, 9.17) is 11.6 Å². The number of ether oxygens (including phenoxy) is 1. The number of rotatable bonds is 3. The predicted octanol–water partition coefficient (Wildman–Crippen LogP) is 3.24. The van der Waals surface area contributed by atoms with Gasteiger partial charge in [0.05, 0.1) is 29.1 Å². The fourth-order valence-corrected chi connectivity index (χ4v) is 3.12. The quantitative estimate of drug-likeness (QED) is 0.806. The molecule has 0 saturated heterocycles. The lowest BCUT2D eigenvalue weighted by Gasteiger charge is -1.93. The summed E-state index contributed by atoms with van der Waals surface area (Å²) >= 11 is 8.88. The van der Waals surface area contributed by atoms with E-state index < -0.39 is 0 Å². The standard InChI is InChI=1S/C10H8ClNO2S2/c1-14-9(13)3-7-5-16-10(12-7)8-2-6(11)4-15-8/h2,4-5H,3H2,1H3. The molecule has 0 saturated carbocycles. The Bertz CT molecular complexity index is 506. The molecule has 3 nitrogen and oxygen atoms in total. The van der Waals surface area contributed by atoms with Gasteiger partial charge in [-0.15, -0.1) is 22.7 Å². The fourth-order valence-electron chi connectivity index (χ4n) is 1.15. The summed E-state index contributed by atoms with van der Waals surface area (Å²) in [4.78, 5) is 16.4. The summed E-state index contributed by atoms with van der Waals surface area (Å²) in [7, 11) is 1.37. The van der Waals surface area contributed by atoms with Crippen molar-refractivity contribution in [1.29, 1.82) is 0 Å². The van der Waals surface area contributed by atoms with Crippen LogP contribution in [0.2, 0.25) is 5.02 Å². The minimum absolute atomic E-state index is 0.214. The van der Waals surface area contributed by atoms with Crippen molar-refractivity contribution in [3.8, 4) is 9.88 Å². The van der Waals surface area contributed by atoms with Crippen LogP contribution in [0.4, 0.5) is 0 Å². The van der Waals surface area contributed by atoms with Crippen molar-refractivity contribution in [3.05, 3.63) is 27.5 Å². The molecule has 2 rings (SSSR count). The summed E-state index contributed by atoms with van der Waals surface area (Å²) < 4.78 is 4.58. The molecule has 2 heterocycles. The minimum atomic E-state index is -0.277. The van der Waals surface area contributed by atoms with Crippen LogP contribution in [-0.2, 0) is 16.0 Å². The zero-order chi connectivity index (χ0) is 11.5. The van der Waals surface area contributed by atoms with Crippen molar-refractivity contribution in [2.45, 2.75) is 6.42 Å². The van der Waals surface area contributed by atoms with Gasteiger partial charge in [-0.05, 0) is 6.07 Å². The van der Waals surface area contributed by atoms with Gasteiger partial charge >= 0.3 is 5.97 Å². The van der Waals surface area contributed by atoms with Crippen LogP contribution in [0, 0.1) is 0 Å². The van der Waals surface area contributed by atoms with E-state index in [2.05, 4.69) is 9.72 Å². The Morgan fingerprint density at radius 1 is 1.50 bits per heavy atom. The molecule has 0 atom stereocenters. The predicted molar refractivity (Wildman–Crippen MR) is 66.2 cm³/mol. The number of carbonyl (C=O) groups is 1. The van der Waals surface area contributed by atoms with Gasteiger partial charge in [0.15, 0.2) is 0 Å². The van der Waals surface area contributed by atoms with E-state index in [-0.39, 0.29) is 12.4 Å². The Morgan fingerprint density at radius 2 is 2.31 bits per heavy atom. The van der Waals surface area contributed by atoms with Crippen LogP contribution < -0.4 is 0 Å². The molecular formula is C10H8ClNO2S2. The molecule has 0 aliphatic heterocycles. The van der Waals surface area contributed by atoms with Crippen LogP contribution in [-0.4, -0.2) is 18.1 Å². The van der Waals surface area contributed by atoms with Gasteiger partial charge in [-0.2, -0.15) is 0 Å². The number of thiazole rings is 1. The second kappa shape index (κ2) is 4.95. The molecule has 0 unspecified atom stereocenters. The van der Waals surface area contributed by atoms with Crippen LogP contribution >= 0.6 is 34.3 Å². The highest BCUT2D eigenvalue weighted by atomic mass is 35.5. The Labute approximate surface area is 106 Å². The number of thiophene rings is 1. The monoisotopic (exact) mass is 273 g/mol. The topological polar surface area (TPSA) is 39.2 Å². The smallest absolute Gasteiger partial charge is 0.311 e. The van der Waals surface area contributed by atoms with Crippen LogP contribution in [0.3, 0.4) is 0 Å². The third-order valence-corrected chi connectivity index (χ3v) is 4.22. The highest BCUT2D eigenvalue weighted by molar-refractivity contribution is 7.20. The lowest BCUT2D eigenvalue weighted by molar-refractivity contribution is -0.139. The Kier molecular flexibility index (Phi) is 3.58. The maximum Gasteiger partial charge on any atom is 0.311 e. The summed E-state index contributed by atoms with van der Waals surface area (Å²) in [5.41, 5.74) is 0.733. The molecule has 0 N–H and O–H groups in total. The first-order valence-corrected chi connectivity index (χ1v) is 6.58. The van der Waals surface area contributed by atoms with E-state index in [1.165, 1.54) is 18.4 Å². The third kappa shape index (κ3) is 2.61. The SMILES string of the molecule is COC(=O)Cc1csc(-c2cc(Cl)cs2)n1. The molecule has 0 amide bonds. The van der Waals surface area contributed by atoms with Gasteiger partial charge in [0.1, 0.15) is 5.01 Å². The van der Waals surface area contributed by atoms with Gasteiger partial charge < -0.3 is 4.74 Å². The van der Waals surface area contributed by atoms with Crippen molar-refractivity contribution in [2.24, 2.45) is 0 Å². The molecule has 16 heavy (non-hydrogen) atoms. The molecule has 0 aliphatic rings. The van der Waals surface area contributed by atoms with Crippen molar-refractivity contribution in [3.63, 3.8) is 0 Å². The van der Waals surface area contributed by atoms with E-state index in [0.29, 0.717) is 5.02 Å². The number of methoxy groups -OCH3 is 1. The van der Waals surface area contributed by atoms with E-state index >= 15 is 0 Å². The number of hydrogen-bond acceptors (Lipinski definition) is 5. The molecule has 0 aromatic carbocycles. The van der Waals surface area contributed by atoms with Crippen molar-refractivity contribution in [1.82, 2.24) is 4.98 Å². The van der Waals surface area contributed by atoms with Gasteiger partial charge in [0.2, 0.25) is 0 Å². The fraction of sp³-hybridized carbons (Fsp3) is 0.200. The molecule has 0 radical (unpaired) electrons. The van der Waals surface area contributed by atoms with Crippen molar-refractivity contribution in [2.75, 3.05) is 7.11 Å². The summed E-state index contributed by atoms with van der Waals surface area (Å²) in [5.74, 6) is -0.277. The zero-order valence-electron chi connectivity index (χ0n) is 8.40. The summed E-state index contributed by atoms with van der Waals surface area (Å²) in [5, 5.41) is 5.32. The van der Waals surface area contributed by atoms with E-state index in [0.717, 1.165) is 15.6 Å². The molecule has 2 aromatic heterocycles. The van der Waals surface area contributed by atoms with Crippen LogP contribution in [0.5, 0.6) is 0 Å². The molecule has 0 bridgehead atoms. The van der Waals surface area contributed by atoms with E-state index in [1.54, 1.807) is 11.3 Å². The molecule has 0 fully saturated rings. The van der Waals surface area contributed by atoms with Gasteiger partial charge in [-0.1, -0.05) is 11.6 Å². The van der Waals surface area contributed by atoms with Crippen LogP contribution in [0.15, 0.2) is 16.8 Å². The average molecular weight is 274 g/mol. The molecule has 0 spiro atoms. The highest BCUT2D eigenvalue weighted by Crippen LogP contribution is 2.31. The normalized spacial score (nSPS) is 10.4. The number of aromatic nitrogens is 1. The molecule has 2 aromatic rings. The van der Waals surface area contributed by atoms with Gasteiger partial charge in [0.25, 0.3) is 0 Å². The van der Waals surface area contributed by atoms with Crippen LogP contribution in [0.1, 0.15) is 5.69 Å². The first-order valence-electron chi connectivity index (χ1n) is 4.44. The molecule has 6 heteroatoms. The Balaban J connectivity index is 2.16. The van der Waals surface area contributed by atoms with Crippen molar-refractivity contribution < 1.29 is 9.53 Å². The highest BCUT2D eigenvalue weighted by Gasteiger charge is 2.10. The van der Waals surface area contributed by atoms with Crippen molar-refractivity contribution >= 4 is 40.2 Å². The minimum Gasteiger partial charge on any atom is -0.469 e. The lowest BCUT2D eigenvalue weighted by atomic mass is 10.3. The number of carbonyl (C=O) groups excluding carboxylic acids is 1. The van der Waals surface area contributed by atoms with Gasteiger partial charge in [0, 0.05) is 10.8 Å². The number of halogens is 1. The van der Waals surface area contributed by atoms with Gasteiger partial charge in [-0.3, -0.25) is 4.79 Å². The first kappa shape index (κ1) is 11.6. The second-order valence-electron chi connectivity index (χ2n) is 3.03. The lowest BCUT2D eigenvalue weighted by Crippen LogP contribution is -2.04. The number of esters is 1. The number of hydrogen-bond donors (Lipinski definition) is 0. The van der Waals surface area contributed by atoms with E-state index in [1.807, 2.05) is 16.8 Å². The maximum absolute atomic E-state index is 11.1. The average Bonchev–Trinajstić information content (AvgIpc) is 2.87. The van der Waals surface area contributed by atoms with Crippen LogP contribution in [0.25, 0.3) is 9.88 Å². The maximum atomic E-state index is 11.1. The van der Waals surface area contributed by atoms with Gasteiger partial charge in [-0.25, -0.2) is 4.98 Å². The van der Waals surface area contributed by atoms with E-state index in [9.17, 15) is 4.79 Å². The largest absolute Gasteiger partial charge is 0.469 e. The Morgan fingerprint density at radius 3 is 2.94 bits per heavy atom. The summed E-state index contributed by atoms with van der Waals surface area (Å²) in [6, 6.07) is 1.87.